The maximum Gasteiger partial charge on any atom is 0.220 e. The number of piperidine rings is 1. The second kappa shape index (κ2) is 8.07. The van der Waals surface area contributed by atoms with Gasteiger partial charge in [0.25, 0.3) is 0 Å². The molecule has 2 atom stereocenters. The van der Waals surface area contributed by atoms with Gasteiger partial charge in [0.2, 0.25) is 5.91 Å². The Kier molecular flexibility index (Phi) is 5.82. The van der Waals surface area contributed by atoms with E-state index in [1.165, 1.54) is 0 Å². The van der Waals surface area contributed by atoms with Gasteiger partial charge < -0.3 is 14.9 Å². The molecular formula is C17H24N4O3S. The number of carbonyl (C=O) groups excluding carboxylic acids is 1. The summed E-state index contributed by atoms with van der Waals surface area (Å²) in [5.74, 6) is 0.720. The number of aromatic nitrogens is 2. The van der Waals surface area contributed by atoms with Gasteiger partial charge in [0.1, 0.15) is 5.76 Å². The van der Waals surface area contributed by atoms with E-state index in [4.69, 9.17) is 4.52 Å². The molecule has 136 valence electrons. The van der Waals surface area contributed by atoms with E-state index < -0.39 is 6.10 Å². The lowest BCUT2D eigenvalue weighted by Gasteiger charge is -2.35. The van der Waals surface area contributed by atoms with Gasteiger partial charge in [-0.2, -0.15) is 0 Å². The first-order chi connectivity index (χ1) is 12.0. The summed E-state index contributed by atoms with van der Waals surface area (Å²) in [6.45, 7) is 5.86. The van der Waals surface area contributed by atoms with Crippen LogP contribution in [-0.2, 0) is 17.8 Å². The quantitative estimate of drug-likeness (QED) is 0.806. The highest BCUT2D eigenvalue weighted by atomic mass is 32.1. The van der Waals surface area contributed by atoms with Crippen LogP contribution in [0.1, 0.15) is 35.6 Å². The van der Waals surface area contributed by atoms with Gasteiger partial charge in [0.15, 0.2) is 0 Å². The normalized spacial score (nSPS) is 21.4. The summed E-state index contributed by atoms with van der Waals surface area (Å²) < 4.78 is 5.12. The summed E-state index contributed by atoms with van der Waals surface area (Å²) in [5.41, 5.74) is 4.67. The van der Waals surface area contributed by atoms with Crippen molar-refractivity contribution in [2.75, 3.05) is 13.1 Å². The molecule has 1 fully saturated rings. The molecule has 0 bridgehead atoms. The first-order valence-electron chi connectivity index (χ1n) is 8.51. The average Bonchev–Trinajstić information content (AvgIpc) is 3.19. The Balaban J connectivity index is 1.44. The molecule has 2 aromatic rings. The lowest BCUT2D eigenvalue weighted by Crippen LogP contribution is -2.53. The summed E-state index contributed by atoms with van der Waals surface area (Å²) in [7, 11) is 0. The van der Waals surface area contributed by atoms with E-state index in [1.54, 1.807) is 11.3 Å². The second-order valence-corrected chi connectivity index (χ2v) is 7.27. The number of aliphatic hydroxyl groups excluding tert-OH is 1. The third-order valence-corrected chi connectivity index (χ3v) is 5.30. The van der Waals surface area contributed by atoms with Crippen LogP contribution in [0, 0.1) is 13.8 Å². The first-order valence-corrected chi connectivity index (χ1v) is 9.46. The molecule has 8 heteroatoms. The molecule has 0 radical (unpaired) electrons. The summed E-state index contributed by atoms with van der Waals surface area (Å²) in [5, 5.41) is 19.3. The Morgan fingerprint density at radius 3 is 3.00 bits per heavy atom. The molecule has 3 heterocycles. The summed E-state index contributed by atoms with van der Waals surface area (Å²) >= 11 is 1.58. The number of nitrogens with one attached hydrogen (secondary N) is 1. The topological polar surface area (TPSA) is 91.5 Å². The summed E-state index contributed by atoms with van der Waals surface area (Å²) in [6.07, 6.45) is 1.15. The van der Waals surface area contributed by atoms with Gasteiger partial charge in [-0.1, -0.05) is 5.16 Å². The minimum atomic E-state index is -0.560. The molecule has 7 nitrogen and oxygen atoms in total. The van der Waals surface area contributed by atoms with Crippen LogP contribution >= 0.6 is 11.3 Å². The third-order valence-electron chi connectivity index (χ3n) is 4.66. The Labute approximate surface area is 151 Å². The fraction of sp³-hybridized carbons (Fsp3) is 0.588. The zero-order chi connectivity index (χ0) is 17.8. The molecule has 0 unspecified atom stereocenters. The number of rotatable bonds is 6. The van der Waals surface area contributed by atoms with Gasteiger partial charge >= 0.3 is 0 Å². The van der Waals surface area contributed by atoms with E-state index in [9.17, 15) is 9.90 Å². The SMILES string of the molecule is Cc1noc(C)c1CCC(=O)N[C@@H]1CCN(Cc2cscn2)C[C@H]1O. The van der Waals surface area contributed by atoms with Crippen LogP contribution in [-0.4, -0.2) is 51.3 Å². The van der Waals surface area contributed by atoms with E-state index >= 15 is 0 Å². The largest absolute Gasteiger partial charge is 0.390 e. The van der Waals surface area contributed by atoms with Crippen molar-refractivity contribution in [2.24, 2.45) is 0 Å². The average molecular weight is 364 g/mol. The van der Waals surface area contributed by atoms with E-state index in [0.29, 0.717) is 19.4 Å². The molecule has 25 heavy (non-hydrogen) atoms. The van der Waals surface area contributed by atoms with Gasteiger partial charge in [0, 0.05) is 37.0 Å². The van der Waals surface area contributed by atoms with E-state index in [1.807, 2.05) is 24.7 Å². The van der Waals surface area contributed by atoms with Gasteiger partial charge in [-0.05, 0) is 26.7 Å². The predicted octanol–water partition coefficient (Wildman–Crippen LogP) is 1.43. The van der Waals surface area contributed by atoms with Gasteiger partial charge in [-0.3, -0.25) is 9.69 Å². The van der Waals surface area contributed by atoms with Crippen molar-refractivity contribution < 1.29 is 14.4 Å². The molecule has 1 amide bonds. The molecule has 1 aliphatic rings. The Bertz CT molecular complexity index is 681. The van der Waals surface area contributed by atoms with Crippen LogP contribution in [0.4, 0.5) is 0 Å². The molecule has 3 rings (SSSR count). The fourth-order valence-electron chi connectivity index (χ4n) is 3.23. The second-order valence-electron chi connectivity index (χ2n) is 6.55. The van der Waals surface area contributed by atoms with Crippen molar-refractivity contribution in [1.82, 2.24) is 20.4 Å². The third kappa shape index (κ3) is 4.65. The number of amides is 1. The highest BCUT2D eigenvalue weighted by Crippen LogP contribution is 2.16. The highest BCUT2D eigenvalue weighted by Gasteiger charge is 2.29. The van der Waals surface area contributed by atoms with E-state index in [-0.39, 0.29) is 11.9 Å². The van der Waals surface area contributed by atoms with Gasteiger partial charge in [-0.25, -0.2) is 4.98 Å². The van der Waals surface area contributed by atoms with Crippen molar-refractivity contribution in [3.63, 3.8) is 0 Å². The van der Waals surface area contributed by atoms with Crippen LogP contribution < -0.4 is 5.32 Å². The molecule has 0 aromatic carbocycles. The number of thiazole rings is 1. The molecule has 1 aliphatic heterocycles. The van der Waals surface area contributed by atoms with E-state index in [0.717, 1.165) is 42.2 Å². The molecule has 0 aliphatic carbocycles. The number of aryl methyl sites for hydroxylation is 2. The monoisotopic (exact) mass is 364 g/mol. The Hall–Kier alpha value is -1.77. The Morgan fingerprint density at radius 2 is 2.36 bits per heavy atom. The lowest BCUT2D eigenvalue weighted by atomic mass is 10.0. The number of β-amino-alcohol motifs (C(OH)–C–C–N with tert-alkyl or cyclic N) is 1. The lowest BCUT2D eigenvalue weighted by molar-refractivity contribution is -0.123. The standard InChI is InChI=1S/C17H24N4O3S/c1-11-14(12(2)24-20-11)3-4-17(23)19-15-5-6-21(8-16(15)22)7-13-9-25-10-18-13/h9-10,15-16,22H,3-8H2,1-2H3,(H,19,23)/t15-,16-/m1/s1. The van der Waals surface area contributed by atoms with Crippen LogP contribution in [0.15, 0.2) is 15.4 Å². The number of nitrogens with zero attached hydrogens (tertiary/aromatic N) is 3. The van der Waals surface area contributed by atoms with Crippen LogP contribution in [0.25, 0.3) is 0 Å². The molecular weight excluding hydrogens is 340 g/mol. The number of hydrogen-bond donors (Lipinski definition) is 2. The molecule has 1 saturated heterocycles. The summed E-state index contributed by atoms with van der Waals surface area (Å²) in [4.78, 5) is 18.7. The minimum absolute atomic E-state index is 0.0444. The minimum Gasteiger partial charge on any atom is -0.390 e. The predicted molar refractivity (Wildman–Crippen MR) is 94.2 cm³/mol. The number of likely N-dealkylation sites (tertiary alicyclic amines) is 1. The number of hydrogen-bond acceptors (Lipinski definition) is 7. The van der Waals surface area contributed by atoms with Gasteiger partial charge in [-0.15, -0.1) is 11.3 Å². The zero-order valence-corrected chi connectivity index (χ0v) is 15.4. The van der Waals surface area contributed by atoms with Crippen molar-refractivity contribution >= 4 is 17.2 Å². The highest BCUT2D eigenvalue weighted by molar-refractivity contribution is 7.07. The van der Waals surface area contributed by atoms with Crippen LogP contribution in [0.5, 0.6) is 0 Å². The maximum absolute atomic E-state index is 12.2. The molecule has 0 spiro atoms. The molecule has 2 N–H and O–H groups in total. The number of carbonyl (C=O) groups is 1. The van der Waals surface area contributed by atoms with Crippen molar-refractivity contribution in [1.29, 1.82) is 0 Å². The first kappa shape index (κ1) is 18.0. The smallest absolute Gasteiger partial charge is 0.220 e. The van der Waals surface area contributed by atoms with Crippen molar-refractivity contribution in [2.45, 2.75) is 51.8 Å². The van der Waals surface area contributed by atoms with Crippen molar-refractivity contribution in [3.8, 4) is 0 Å². The van der Waals surface area contributed by atoms with E-state index in [2.05, 4.69) is 20.4 Å². The van der Waals surface area contributed by atoms with Crippen LogP contribution in [0.2, 0.25) is 0 Å². The fourth-order valence-corrected chi connectivity index (χ4v) is 3.78. The molecule has 2 aromatic heterocycles. The number of aliphatic hydroxyl groups is 1. The van der Waals surface area contributed by atoms with Gasteiger partial charge in [0.05, 0.1) is 29.0 Å². The maximum atomic E-state index is 12.2. The van der Waals surface area contributed by atoms with Crippen molar-refractivity contribution in [3.05, 3.63) is 33.6 Å². The summed E-state index contributed by atoms with van der Waals surface area (Å²) in [6, 6.07) is -0.191. The van der Waals surface area contributed by atoms with Crippen LogP contribution in [0.3, 0.4) is 0 Å². The molecule has 0 saturated carbocycles. The Morgan fingerprint density at radius 1 is 1.52 bits per heavy atom. The zero-order valence-electron chi connectivity index (χ0n) is 14.6.